The second-order valence-corrected chi connectivity index (χ2v) is 14.8. The molecule has 0 aliphatic carbocycles. The van der Waals surface area contributed by atoms with Crippen LogP contribution in [0, 0.1) is 0 Å². The van der Waals surface area contributed by atoms with E-state index in [9.17, 15) is 4.57 Å². The monoisotopic (exact) mass is 356 g/mol. The SMILES string of the molecule is CCCC[Si](C)(C)/C=C/CP(=O)(c1ccccc1)c1ccccc1. The van der Waals surface area contributed by atoms with Crippen molar-refractivity contribution in [1.29, 1.82) is 0 Å². The molecular weight excluding hydrogens is 327 g/mol. The molecule has 0 saturated heterocycles. The zero-order valence-corrected chi connectivity index (χ0v) is 17.0. The lowest BCUT2D eigenvalue weighted by molar-refractivity contribution is 0.588. The Morgan fingerprint density at radius 2 is 1.42 bits per heavy atom. The number of allylic oxidation sites excluding steroid dienone is 1. The average molecular weight is 357 g/mol. The summed E-state index contributed by atoms with van der Waals surface area (Å²) in [7, 11) is -3.93. The average Bonchev–Trinajstić information content (AvgIpc) is 2.61. The number of unbranched alkanes of at least 4 members (excludes halogenated alkanes) is 1. The minimum atomic E-state index is -2.60. The maximum absolute atomic E-state index is 13.9. The number of benzene rings is 2. The third-order valence-electron chi connectivity index (χ3n) is 4.45. The molecule has 2 aromatic rings. The van der Waals surface area contributed by atoms with Crippen LogP contribution in [0.25, 0.3) is 0 Å². The first kappa shape index (κ1) is 19.0. The summed E-state index contributed by atoms with van der Waals surface area (Å²) >= 11 is 0. The van der Waals surface area contributed by atoms with E-state index in [-0.39, 0.29) is 0 Å². The molecule has 0 aliphatic heterocycles. The Labute approximate surface area is 148 Å². The van der Waals surface area contributed by atoms with Gasteiger partial charge in [-0.25, -0.2) is 0 Å². The summed E-state index contributed by atoms with van der Waals surface area (Å²) in [6, 6.07) is 21.2. The summed E-state index contributed by atoms with van der Waals surface area (Å²) in [4.78, 5) is 0. The van der Waals surface area contributed by atoms with Crippen LogP contribution in [0.1, 0.15) is 19.8 Å². The smallest absolute Gasteiger partial charge is 0.146 e. The lowest BCUT2D eigenvalue weighted by atomic mass is 10.4. The molecule has 0 heterocycles. The second kappa shape index (κ2) is 8.64. The Morgan fingerprint density at radius 3 is 1.88 bits per heavy atom. The summed E-state index contributed by atoms with van der Waals surface area (Å²) in [5, 5.41) is 1.91. The lowest BCUT2D eigenvalue weighted by Gasteiger charge is -2.20. The van der Waals surface area contributed by atoms with Crippen LogP contribution in [0.5, 0.6) is 0 Å². The van der Waals surface area contributed by atoms with E-state index in [4.69, 9.17) is 0 Å². The van der Waals surface area contributed by atoms with Crippen LogP contribution >= 0.6 is 7.14 Å². The molecule has 0 aromatic heterocycles. The largest absolute Gasteiger partial charge is 0.313 e. The Hall–Kier alpha value is -1.37. The highest BCUT2D eigenvalue weighted by Crippen LogP contribution is 2.43. The summed E-state index contributed by atoms with van der Waals surface area (Å²) < 4.78 is 13.9. The highest BCUT2D eigenvalue weighted by Gasteiger charge is 2.26. The van der Waals surface area contributed by atoms with E-state index in [0.717, 1.165) is 10.6 Å². The summed E-state index contributed by atoms with van der Waals surface area (Å²) in [5.74, 6) is 0. The van der Waals surface area contributed by atoms with Crippen LogP contribution in [0.4, 0.5) is 0 Å². The number of rotatable bonds is 8. The van der Waals surface area contributed by atoms with Gasteiger partial charge < -0.3 is 4.57 Å². The third-order valence-corrected chi connectivity index (χ3v) is 10.2. The molecule has 3 heteroatoms. The van der Waals surface area contributed by atoms with Crippen molar-refractivity contribution in [2.75, 3.05) is 6.16 Å². The van der Waals surface area contributed by atoms with Crippen LogP contribution in [0.2, 0.25) is 19.1 Å². The van der Waals surface area contributed by atoms with E-state index < -0.39 is 15.2 Å². The van der Waals surface area contributed by atoms with Crippen molar-refractivity contribution in [2.45, 2.75) is 38.9 Å². The van der Waals surface area contributed by atoms with E-state index in [1.807, 2.05) is 60.7 Å². The van der Waals surface area contributed by atoms with E-state index in [0.29, 0.717) is 6.16 Å². The van der Waals surface area contributed by atoms with Crippen LogP contribution in [-0.4, -0.2) is 14.2 Å². The van der Waals surface area contributed by atoms with Gasteiger partial charge in [0.2, 0.25) is 0 Å². The molecule has 0 N–H and O–H groups in total. The van der Waals surface area contributed by atoms with Gasteiger partial charge in [0, 0.05) is 16.8 Å². The Balaban J connectivity index is 2.27. The van der Waals surface area contributed by atoms with Gasteiger partial charge in [-0.2, -0.15) is 0 Å². The quantitative estimate of drug-likeness (QED) is 0.444. The molecule has 0 amide bonds. The predicted octanol–water partition coefficient (Wildman–Crippen LogP) is 5.60. The fourth-order valence-electron chi connectivity index (χ4n) is 2.93. The van der Waals surface area contributed by atoms with Crippen LogP contribution in [0.3, 0.4) is 0 Å². The molecule has 0 aliphatic rings. The van der Waals surface area contributed by atoms with Crippen LogP contribution in [-0.2, 0) is 4.57 Å². The first-order chi connectivity index (χ1) is 11.5. The lowest BCUT2D eigenvalue weighted by Crippen LogP contribution is -2.23. The second-order valence-electron chi connectivity index (χ2n) is 7.09. The van der Waals surface area contributed by atoms with E-state index in [1.54, 1.807) is 0 Å². The molecule has 1 nitrogen and oxygen atoms in total. The molecule has 0 radical (unpaired) electrons. The van der Waals surface area contributed by atoms with Crippen molar-refractivity contribution in [3.05, 3.63) is 72.4 Å². The normalized spacial score (nSPS) is 12.6. The molecule has 0 spiro atoms. The van der Waals surface area contributed by atoms with Crippen molar-refractivity contribution >= 4 is 25.8 Å². The summed E-state index contributed by atoms with van der Waals surface area (Å²) in [6.07, 6.45) is 5.35. The van der Waals surface area contributed by atoms with E-state index in [1.165, 1.54) is 18.9 Å². The molecular formula is C21H29OPSi. The first-order valence-corrected chi connectivity index (χ1v) is 14.0. The maximum Gasteiger partial charge on any atom is 0.146 e. The maximum atomic E-state index is 13.9. The van der Waals surface area contributed by atoms with Crippen molar-refractivity contribution < 1.29 is 4.57 Å². The highest BCUT2D eigenvalue weighted by atomic mass is 31.2. The van der Waals surface area contributed by atoms with Gasteiger partial charge in [0.1, 0.15) is 7.14 Å². The van der Waals surface area contributed by atoms with E-state index >= 15 is 0 Å². The van der Waals surface area contributed by atoms with Gasteiger partial charge in [-0.15, -0.1) is 0 Å². The number of hydrogen-bond donors (Lipinski definition) is 0. The summed E-state index contributed by atoms with van der Waals surface area (Å²) in [5.41, 5.74) is 2.39. The van der Waals surface area contributed by atoms with Crippen LogP contribution in [0.15, 0.2) is 72.4 Å². The van der Waals surface area contributed by atoms with E-state index in [2.05, 4.69) is 31.8 Å². The molecule has 2 aromatic carbocycles. The van der Waals surface area contributed by atoms with Gasteiger partial charge in [0.25, 0.3) is 0 Å². The molecule has 0 saturated carbocycles. The van der Waals surface area contributed by atoms with Crippen molar-refractivity contribution in [3.63, 3.8) is 0 Å². The van der Waals surface area contributed by atoms with Gasteiger partial charge in [-0.1, -0.05) is 111 Å². The molecule has 0 bridgehead atoms. The zero-order valence-electron chi connectivity index (χ0n) is 15.1. The standard InChI is InChI=1S/C21H29OPSi/c1-4-5-18-24(2,3)19-12-17-23(22,20-13-8-6-9-14-20)21-15-10-7-11-16-21/h6-16,19H,4-5,17-18H2,1-3H3/b19-12+. The Kier molecular flexibility index (Phi) is 6.83. The minimum absolute atomic E-state index is 0.615. The van der Waals surface area contributed by atoms with Crippen molar-refractivity contribution in [2.24, 2.45) is 0 Å². The molecule has 0 unspecified atom stereocenters. The first-order valence-electron chi connectivity index (χ1n) is 8.86. The van der Waals surface area contributed by atoms with Crippen molar-refractivity contribution in [3.8, 4) is 0 Å². The van der Waals surface area contributed by atoms with Gasteiger partial charge in [-0.05, 0) is 0 Å². The predicted molar refractivity (Wildman–Crippen MR) is 111 cm³/mol. The fraction of sp³-hybridized carbons (Fsp3) is 0.333. The van der Waals surface area contributed by atoms with Crippen molar-refractivity contribution in [1.82, 2.24) is 0 Å². The molecule has 24 heavy (non-hydrogen) atoms. The minimum Gasteiger partial charge on any atom is -0.313 e. The number of hydrogen-bond acceptors (Lipinski definition) is 1. The van der Waals surface area contributed by atoms with Gasteiger partial charge in [0.05, 0.1) is 8.07 Å². The van der Waals surface area contributed by atoms with Gasteiger partial charge in [0.15, 0.2) is 0 Å². The third kappa shape index (κ3) is 5.06. The Morgan fingerprint density at radius 1 is 0.917 bits per heavy atom. The molecule has 128 valence electrons. The Bertz CT molecular complexity index is 649. The molecule has 0 atom stereocenters. The van der Waals surface area contributed by atoms with Crippen LogP contribution < -0.4 is 10.6 Å². The van der Waals surface area contributed by atoms with Gasteiger partial charge in [-0.3, -0.25) is 0 Å². The molecule has 0 fully saturated rings. The zero-order chi connectivity index (χ0) is 17.5. The summed E-state index contributed by atoms with van der Waals surface area (Å²) in [6.45, 7) is 7.04. The highest BCUT2D eigenvalue weighted by molar-refractivity contribution is 7.78. The fourth-order valence-corrected chi connectivity index (χ4v) is 7.75. The topological polar surface area (TPSA) is 17.1 Å². The van der Waals surface area contributed by atoms with Gasteiger partial charge >= 0.3 is 0 Å². The molecule has 2 rings (SSSR count).